The van der Waals surface area contributed by atoms with Crippen LogP contribution in [0, 0.1) is 0 Å². The summed E-state index contributed by atoms with van der Waals surface area (Å²) in [6, 6.07) is 4.07. The Bertz CT molecular complexity index is 565. The Hall–Kier alpha value is -1.60. The van der Waals surface area contributed by atoms with Gasteiger partial charge in [0.25, 0.3) is 0 Å². The summed E-state index contributed by atoms with van der Waals surface area (Å²) in [6.07, 6.45) is 1.57. The van der Waals surface area contributed by atoms with Crippen LogP contribution >= 0.6 is 11.8 Å². The first-order valence-corrected chi connectivity index (χ1v) is 7.96. The smallest absolute Gasteiger partial charge is 0.230 e. The van der Waals surface area contributed by atoms with Gasteiger partial charge in [-0.15, -0.1) is 0 Å². The van der Waals surface area contributed by atoms with Crippen molar-refractivity contribution in [2.45, 2.75) is 12.3 Å². The maximum absolute atomic E-state index is 9.26. The highest BCUT2D eigenvalue weighted by atomic mass is 32.2. The number of aromatic hydroxyl groups is 1. The first-order valence-electron chi connectivity index (χ1n) is 6.81. The van der Waals surface area contributed by atoms with Crippen LogP contribution in [0.5, 0.6) is 5.88 Å². The number of anilines is 1. The molecule has 2 aromatic heterocycles. The molecule has 0 bridgehead atoms. The number of nitrogens with zero attached hydrogens (tertiary/aromatic N) is 3. The second-order valence-electron chi connectivity index (χ2n) is 5.12. The van der Waals surface area contributed by atoms with E-state index in [4.69, 9.17) is 4.42 Å². The summed E-state index contributed by atoms with van der Waals surface area (Å²) in [4.78, 5) is 6.06. The Balaban J connectivity index is 1.65. The molecule has 0 radical (unpaired) electrons. The highest BCUT2D eigenvalue weighted by Crippen LogP contribution is 2.17. The van der Waals surface area contributed by atoms with E-state index >= 15 is 0 Å². The molecule has 116 valence electrons. The predicted octanol–water partition coefficient (Wildman–Crippen LogP) is 2.13. The lowest BCUT2D eigenvalue weighted by Gasteiger charge is -2.06. The lowest BCUT2D eigenvalue weighted by atomic mass is 10.4. The molecular weight excluding hydrogens is 288 g/mol. The van der Waals surface area contributed by atoms with Crippen molar-refractivity contribution in [2.75, 3.05) is 31.7 Å². The van der Waals surface area contributed by atoms with Crippen LogP contribution in [-0.2, 0) is 19.3 Å². The van der Waals surface area contributed by atoms with E-state index in [-0.39, 0.29) is 5.88 Å². The maximum atomic E-state index is 9.26. The van der Waals surface area contributed by atoms with Gasteiger partial charge in [-0.1, -0.05) is 0 Å². The average molecular weight is 310 g/mol. The number of imidazole rings is 1. The minimum absolute atomic E-state index is 0.0386. The number of hydrogen-bond donors (Lipinski definition) is 2. The Kier molecular flexibility index (Phi) is 5.58. The largest absolute Gasteiger partial charge is 0.492 e. The summed E-state index contributed by atoms with van der Waals surface area (Å²) in [5.74, 6) is 4.53. The second kappa shape index (κ2) is 7.42. The number of aryl methyl sites for hydroxylation is 1. The number of aromatic nitrogens is 2. The summed E-state index contributed by atoms with van der Waals surface area (Å²) < 4.78 is 7.51. The number of furan rings is 1. The predicted molar refractivity (Wildman–Crippen MR) is 85.6 cm³/mol. The standard InChI is InChI=1S/C14H22N4O2S/c1-17(2)8-11-4-5-12(20-11)10-21-7-6-15-14-16-13(19)9-18(14)3/h4-5,9,19H,6-8,10H2,1-3H3,(H,15,16). The molecule has 2 N–H and O–H groups in total. The van der Waals surface area contributed by atoms with E-state index < -0.39 is 0 Å². The van der Waals surface area contributed by atoms with Gasteiger partial charge in [-0.25, -0.2) is 0 Å². The molecule has 0 unspecified atom stereocenters. The minimum atomic E-state index is 0.0386. The summed E-state index contributed by atoms with van der Waals surface area (Å²) in [7, 11) is 5.90. The van der Waals surface area contributed by atoms with Gasteiger partial charge < -0.3 is 24.3 Å². The summed E-state index contributed by atoms with van der Waals surface area (Å²) >= 11 is 1.80. The van der Waals surface area contributed by atoms with Gasteiger partial charge >= 0.3 is 0 Å². The first kappa shape index (κ1) is 15.8. The van der Waals surface area contributed by atoms with Crippen LogP contribution in [0.1, 0.15) is 11.5 Å². The molecule has 0 saturated carbocycles. The molecule has 0 aliphatic carbocycles. The second-order valence-corrected chi connectivity index (χ2v) is 6.22. The average Bonchev–Trinajstić information content (AvgIpc) is 2.95. The molecule has 0 aliphatic heterocycles. The van der Waals surface area contributed by atoms with E-state index in [2.05, 4.69) is 15.2 Å². The molecule has 21 heavy (non-hydrogen) atoms. The van der Waals surface area contributed by atoms with Crippen LogP contribution < -0.4 is 5.32 Å². The lowest BCUT2D eigenvalue weighted by Crippen LogP contribution is -2.09. The van der Waals surface area contributed by atoms with E-state index in [1.54, 1.807) is 22.5 Å². The zero-order valence-corrected chi connectivity index (χ0v) is 13.5. The van der Waals surface area contributed by atoms with Gasteiger partial charge in [0.05, 0.1) is 18.5 Å². The van der Waals surface area contributed by atoms with Crippen LogP contribution in [0.25, 0.3) is 0 Å². The third-order valence-electron chi connectivity index (χ3n) is 2.83. The number of rotatable bonds is 8. The Labute approximate surface area is 129 Å². The minimum Gasteiger partial charge on any atom is -0.492 e. The van der Waals surface area contributed by atoms with Crippen LogP contribution in [0.3, 0.4) is 0 Å². The molecular formula is C14H22N4O2S. The van der Waals surface area contributed by atoms with Crippen molar-refractivity contribution in [3.63, 3.8) is 0 Å². The van der Waals surface area contributed by atoms with Gasteiger partial charge in [0.1, 0.15) is 11.5 Å². The lowest BCUT2D eigenvalue weighted by molar-refractivity contribution is 0.344. The topological polar surface area (TPSA) is 66.5 Å². The molecule has 0 spiro atoms. The van der Waals surface area contributed by atoms with Gasteiger partial charge in [0, 0.05) is 19.3 Å². The molecule has 6 nitrogen and oxygen atoms in total. The van der Waals surface area contributed by atoms with Crippen LogP contribution in [-0.4, -0.2) is 46.0 Å². The SMILES string of the molecule is CN(C)Cc1ccc(CSCCNc2nc(O)cn2C)o1. The third-order valence-corrected chi connectivity index (χ3v) is 3.81. The quantitative estimate of drug-likeness (QED) is 0.728. The van der Waals surface area contributed by atoms with Crippen molar-refractivity contribution in [3.05, 3.63) is 29.9 Å². The Morgan fingerprint density at radius 1 is 1.38 bits per heavy atom. The van der Waals surface area contributed by atoms with Gasteiger partial charge in [-0.3, -0.25) is 0 Å². The highest BCUT2D eigenvalue weighted by molar-refractivity contribution is 7.98. The third kappa shape index (κ3) is 5.02. The van der Waals surface area contributed by atoms with E-state index in [1.165, 1.54) is 0 Å². The molecule has 0 aliphatic rings. The normalized spacial score (nSPS) is 11.2. The van der Waals surface area contributed by atoms with Crippen molar-refractivity contribution in [3.8, 4) is 5.88 Å². The molecule has 0 aromatic carbocycles. The molecule has 2 aromatic rings. The molecule has 0 fully saturated rings. The van der Waals surface area contributed by atoms with Crippen LogP contribution in [0.15, 0.2) is 22.7 Å². The first-order chi connectivity index (χ1) is 10.0. The highest BCUT2D eigenvalue weighted by Gasteiger charge is 2.04. The molecule has 2 heterocycles. The number of hydrogen-bond acceptors (Lipinski definition) is 6. The molecule has 0 saturated heterocycles. The van der Waals surface area contributed by atoms with Gasteiger partial charge in [-0.05, 0) is 26.2 Å². The van der Waals surface area contributed by atoms with Crippen molar-refractivity contribution >= 4 is 17.7 Å². The fourth-order valence-electron chi connectivity index (χ4n) is 1.92. The van der Waals surface area contributed by atoms with E-state index in [9.17, 15) is 5.11 Å². The molecule has 7 heteroatoms. The van der Waals surface area contributed by atoms with E-state index in [1.807, 2.05) is 33.3 Å². The Morgan fingerprint density at radius 3 is 2.81 bits per heavy atom. The number of thioether (sulfide) groups is 1. The van der Waals surface area contributed by atoms with Gasteiger partial charge in [0.2, 0.25) is 11.8 Å². The fourth-order valence-corrected chi connectivity index (χ4v) is 2.67. The van der Waals surface area contributed by atoms with Crippen molar-refractivity contribution in [2.24, 2.45) is 7.05 Å². The van der Waals surface area contributed by atoms with E-state index in [0.29, 0.717) is 5.95 Å². The van der Waals surface area contributed by atoms with Crippen molar-refractivity contribution in [1.29, 1.82) is 0 Å². The zero-order chi connectivity index (χ0) is 15.2. The van der Waals surface area contributed by atoms with E-state index in [0.717, 1.165) is 36.1 Å². The zero-order valence-electron chi connectivity index (χ0n) is 12.7. The van der Waals surface area contributed by atoms with Gasteiger partial charge in [0.15, 0.2) is 0 Å². The van der Waals surface area contributed by atoms with Crippen LogP contribution in [0.4, 0.5) is 5.95 Å². The fraction of sp³-hybridized carbons (Fsp3) is 0.500. The summed E-state index contributed by atoms with van der Waals surface area (Å²) in [6.45, 7) is 1.62. The summed E-state index contributed by atoms with van der Waals surface area (Å²) in [5.41, 5.74) is 0. The molecule has 2 rings (SSSR count). The van der Waals surface area contributed by atoms with Crippen molar-refractivity contribution in [1.82, 2.24) is 14.5 Å². The summed E-state index contributed by atoms with van der Waals surface area (Å²) in [5, 5.41) is 12.4. The molecule has 0 atom stereocenters. The maximum Gasteiger partial charge on any atom is 0.230 e. The van der Waals surface area contributed by atoms with Crippen LogP contribution in [0.2, 0.25) is 0 Å². The number of nitrogens with one attached hydrogen (secondary N) is 1. The monoisotopic (exact) mass is 310 g/mol. The van der Waals surface area contributed by atoms with Crippen molar-refractivity contribution < 1.29 is 9.52 Å². The Morgan fingerprint density at radius 2 is 2.14 bits per heavy atom. The van der Waals surface area contributed by atoms with Gasteiger partial charge in [-0.2, -0.15) is 16.7 Å². The molecule has 0 amide bonds.